The topological polar surface area (TPSA) is 81.4 Å². The monoisotopic (exact) mass is 262 g/mol. The van der Waals surface area contributed by atoms with Crippen LogP contribution in [0, 0.1) is 0 Å². The van der Waals surface area contributed by atoms with E-state index in [1.165, 1.54) is 18.4 Å². The van der Waals surface area contributed by atoms with E-state index in [-0.39, 0.29) is 12.6 Å². The second kappa shape index (κ2) is 5.83. The number of ether oxygens (including phenoxy) is 1. The van der Waals surface area contributed by atoms with Gasteiger partial charge in [-0.1, -0.05) is 11.6 Å². The molecule has 0 spiro atoms. The molecule has 88 valence electrons. The number of primary amides is 1. The summed E-state index contributed by atoms with van der Waals surface area (Å²) in [6, 6.07) is 3.54. The number of halogens is 1. The molecule has 0 aliphatic heterocycles. The highest BCUT2D eigenvalue weighted by atomic mass is 35.5. The number of rotatable bonds is 4. The zero-order valence-electron chi connectivity index (χ0n) is 8.53. The third kappa shape index (κ3) is 3.48. The van der Waals surface area contributed by atoms with Gasteiger partial charge in [-0.25, -0.2) is 0 Å². The number of carbonyl (C=O) groups is 2. The molecule has 0 saturated heterocycles. The molecule has 1 aromatic heterocycles. The fraction of sp³-hybridized carbons (Fsp3) is 0.333. The van der Waals surface area contributed by atoms with Crippen LogP contribution < -0.4 is 11.1 Å². The Morgan fingerprint density at radius 2 is 2.31 bits per heavy atom. The highest BCUT2D eigenvalue weighted by Crippen LogP contribution is 2.28. The molecule has 1 rings (SSSR count). The molecule has 0 aromatic carbocycles. The summed E-state index contributed by atoms with van der Waals surface area (Å²) in [7, 11) is 1.51. The second-order valence-corrected chi connectivity index (χ2v) is 4.69. The smallest absolute Gasteiger partial charge is 0.309 e. The third-order valence-electron chi connectivity index (χ3n) is 1.87. The predicted octanol–water partition coefficient (Wildman–Crippen LogP) is 0.691. The van der Waals surface area contributed by atoms with Crippen LogP contribution in [0.3, 0.4) is 0 Å². The zero-order valence-corrected chi connectivity index (χ0v) is 10.1. The molecule has 0 fully saturated rings. The fourth-order valence-corrected chi connectivity index (χ4v) is 2.21. The number of hydrogen-bond acceptors (Lipinski definition) is 4. The Labute approximate surface area is 102 Å². The van der Waals surface area contributed by atoms with E-state index >= 15 is 0 Å². The van der Waals surface area contributed by atoms with Crippen LogP contribution in [-0.4, -0.2) is 25.5 Å². The summed E-state index contributed by atoms with van der Waals surface area (Å²) in [6.07, 6.45) is -0.333. The van der Waals surface area contributed by atoms with Crippen molar-refractivity contribution in [3.8, 4) is 0 Å². The van der Waals surface area contributed by atoms with Crippen LogP contribution in [0.2, 0.25) is 4.34 Å². The molecule has 0 saturated carbocycles. The highest BCUT2D eigenvalue weighted by Gasteiger charge is 2.16. The van der Waals surface area contributed by atoms with Gasteiger partial charge < -0.3 is 15.8 Å². The first-order chi connectivity index (χ1) is 7.54. The summed E-state index contributed by atoms with van der Waals surface area (Å²) >= 11 is 7.13. The normalized spacial score (nSPS) is 12.1. The maximum Gasteiger partial charge on any atom is 0.309 e. The molecule has 7 heteroatoms. The Kier molecular flexibility index (Phi) is 4.72. The quantitative estimate of drug-likeness (QED) is 0.784. The summed E-state index contributed by atoms with van der Waals surface area (Å²) in [6.45, 7) is 0.176. The Morgan fingerprint density at radius 1 is 1.62 bits per heavy atom. The van der Waals surface area contributed by atoms with Crippen molar-refractivity contribution in [2.75, 3.05) is 13.7 Å². The maximum absolute atomic E-state index is 10.9. The van der Waals surface area contributed by atoms with Crippen LogP contribution in [-0.2, 0) is 14.3 Å². The van der Waals surface area contributed by atoms with Crippen LogP contribution in [0.1, 0.15) is 11.0 Å². The van der Waals surface area contributed by atoms with Gasteiger partial charge in [0.05, 0.1) is 4.34 Å². The lowest BCUT2D eigenvalue weighted by atomic mass is 10.3. The molecule has 1 unspecified atom stereocenters. The fourth-order valence-electron chi connectivity index (χ4n) is 1.07. The molecule has 1 atom stereocenters. The number of amides is 2. The van der Waals surface area contributed by atoms with Crippen molar-refractivity contribution in [3.05, 3.63) is 21.3 Å². The van der Waals surface area contributed by atoms with Gasteiger partial charge in [0.2, 0.25) is 0 Å². The average molecular weight is 263 g/mol. The van der Waals surface area contributed by atoms with Gasteiger partial charge in [0, 0.05) is 18.5 Å². The summed E-state index contributed by atoms with van der Waals surface area (Å²) in [5.74, 6) is -1.84. The van der Waals surface area contributed by atoms with E-state index in [2.05, 4.69) is 5.32 Å². The Hall–Kier alpha value is -1.11. The SMILES string of the molecule is COC(CNC(=O)C(N)=O)c1ccc(Cl)s1. The van der Waals surface area contributed by atoms with Gasteiger partial charge in [-0.15, -0.1) is 11.3 Å². The molecule has 3 N–H and O–H groups in total. The van der Waals surface area contributed by atoms with Crippen molar-refractivity contribution >= 4 is 34.8 Å². The van der Waals surface area contributed by atoms with Crippen molar-refractivity contribution in [2.45, 2.75) is 6.10 Å². The molecule has 5 nitrogen and oxygen atoms in total. The van der Waals surface area contributed by atoms with Crippen LogP contribution in [0.25, 0.3) is 0 Å². The predicted molar refractivity (Wildman–Crippen MR) is 61.3 cm³/mol. The standard InChI is InChI=1S/C9H11ClN2O3S/c1-15-5(4-12-9(14)8(11)13)6-2-3-7(10)16-6/h2-3,5H,4H2,1H3,(H2,11,13)(H,12,14). The molecule has 16 heavy (non-hydrogen) atoms. The van der Waals surface area contributed by atoms with Gasteiger partial charge in [-0.3, -0.25) is 9.59 Å². The van der Waals surface area contributed by atoms with E-state index in [1.54, 1.807) is 12.1 Å². The van der Waals surface area contributed by atoms with Crippen LogP contribution >= 0.6 is 22.9 Å². The van der Waals surface area contributed by atoms with E-state index in [1.807, 2.05) is 0 Å². The van der Waals surface area contributed by atoms with Crippen molar-refractivity contribution in [3.63, 3.8) is 0 Å². The molecule has 0 radical (unpaired) electrons. The molecular formula is C9H11ClN2O3S. The first-order valence-electron chi connectivity index (χ1n) is 4.40. The lowest BCUT2D eigenvalue weighted by molar-refractivity contribution is -0.137. The van der Waals surface area contributed by atoms with E-state index in [9.17, 15) is 9.59 Å². The summed E-state index contributed by atoms with van der Waals surface area (Å²) in [5, 5.41) is 2.37. The van der Waals surface area contributed by atoms with Crippen LogP contribution in [0.4, 0.5) is 0 Å². The van der Waals surface area contributed by atoms with Gasteiger partial charge in [0.15, 0.2) is 0 Å². The largest absolute Gasteiger partial charge is 0.374 e. The molecule has 0 bridgehead atoms. The van der Waals surface area contributed by atoms with Crippen molar-refractivity contribution < 1.29 is 14.3 Å². The average Bonchev–Trinajstić information content (AvgIpc) is 2.65. The first-order valence-corrected chi connectivity index (χ1v) is 5.59. The summed E-state index contributed by atoms with van der Waals surface area (Å²) in [5.41, 5.74) is 4.80. The summed E-state index contributed by atoms with van der Waals surface area (Å²) in [4.78, 5) is 22.3. The number of nitrogens with one attached hydrogen (secondary N) is 1. The first kappa shape index (κ1) is 13.0. The third-order valence-corrected chi connectivity index (χ3v) is 3.19. The minimum Gasteiger partial charge on any atom is -0.374 e. The molecule has 1 heterocycles. The Morgan fingerprint density at radius 3 is 2.75 bits per heavy atom. The number of carbonyl (C=O) groups excluding carboxylic acids is 2. The zero-order chi connectivity index (χ0) is 12.1. The number of hydrogen-bond donors (Lipinski definition) is 2. The van der Waals surface area contributed by atoms with E-state index in [0.29, 0.717) is 4.34 Å². The second-order valence-electron chi connectivity index (χ2n) is 2.94. The van der Waals surface area contributed by atoms with Gasteiger partial charge >= 0.3 is 11.8 Å². The lowest BCUT2D eigenvalue weighted by Crippen LogP contribution is -2.38. The van der Waals surface area contributed by atoms with Gasteiger partial charge in [-0.05, 0) is 12.1 Å². The minimum atomic E-state index is -1.01. The molecule has 1 aromatic rings. The van der Waals surface area contributed by atoms with E-state index in [0.717, 1.165) is 4.88 Å². The molecule has 2 amide bonds. The van der Waals surface area contributed by atoms with E-state index < -0.39 is 11.8 Å². The van der Waals surface area contributed by atoms with Gasteiger partial charge in [-0.2, -0.15) is 0 Å². The molecular weight excluding hydrogens is 252 g/mol. The maximum atomic E-state index is 10.9. The lowest BCUT2D eigenvalue weighted by Gasteiger charge is -2.13. The number of nitrogens with two attached hydrogens (primary N) is 1. The highest BCUT2D eigenvalue weighted by molar-refractivity contribution is 7.16. The van der Waals surface area contributed by atoms with Crippen LogP contribution in [0.15, 0.2) is 12.1 Å². The van der Waals surface area contributed by atoms with Crippen molar-refractivity contribution in [2.24, 2.45) is 5.73 Å². The van der Waals surface area contributed by atoms with Gasteiger partial charge in [0.25, 0.3) is 0 Å². The van der Waals surface area contributed by atoms with E-state index in [4.69, 9.17) is 22.1 Å². The number of thiophene rings is 1. The molecule has 0 aliphatic rings. The Bertz CT molecular complexity index is 394. The summed E-state index contributed by atoms with van der Waals surface area (Å²) < 4.78 is 5.80. The van der Waals surface area contributed by atoms with Crippen molar-refractivity contribution in [1.29, 1.82) is 0 Å². The van der Waals surface area contributed by atoms with Gasteiger partial charge in [0.1, 0.15) is 6.10 Å². The van der Waals surface area contributed by atoms with Crippen LogP contribution in [0.5, 0.6) is 0 Å². The minimum absolute atomic E-state index is 0.176. The van der Waals surface area contributed by atoms with Crippen molar-refractivity contribution in [1.82, 2.24) is 5.32 Å². The molecule has 0 aliphatic carbocycles. The Balaban J connectivity index is 2.56. The number of methoxy groups -OCH3 is 1.